The van der Waals surface area contributed by atoms with Gasteiger partial charge >= 0.3 is 6.18 Å². The second-order valence-electron chi connectivity index (χ2n) is 3.31. The summed E-state index contributed by atoms with van der Waals surface area (Å²) in [6.45, 7) is 0. The Kier molecular flexibility index (Phi) is 2.46. The van der Waals surface area contributed by atoms with Gasteiger partial charge in [0.05, 0.1) is 11.1 Å². The van der Waals surface area contributed by atoms with Crippen LogP contribution < -0.4 is 5.32 Å². The van der Waals surface area contributed by atoms with Gasteiger partial charge in [-0.15, -0.1) is 0 Å². The predicted octanol–water partition coefficient (Wildman–Crippen LogP) is 3.30. The fourth-order valence-electron chi connectivity index (χ4n) is 1.62. The van der Waals surface area contributed by atoms with Gasteiger partial charge in [0.25, 0.3) is 0 Å². The molecule has 5 heteroatoms. The molecule has 1 aromatic carbocycles. The highest BCUT2D eigenvalue weighted by molar-refractivity contribution is 5.93. The van der Waals surface area contributed by atoms with Crippen molar-refractivity contribution in [3.63, 3.8) is 0 Å². The van der Waals surface area contributed by atoms with Gasteiger partial charge in [-0.05, 0) is 24.3 Å². The number of anilines is 1. The van der Waals surface area contributed by atoms with E-state index in [0.717, 1.165) is 6.07 Å². The van der Waals surface area contributed by atoms with E-state index >= 15 is 0 Å². The van der Waals surface area contributed by atoms with E-state index in [1.807, 2.05) is 0 Å². The van der Waals surface area contributed by atoms with Crippen LogP contribution in [0.25, 0.3) is 10.9 Å². The van der Waals surface area contributed by atoms with Crippen molar-refractivity contribution >= 4 is 16.6 Å². The number of nitrogens with one attached hydrogen (secondary N) is 1. The normalized spacial score (nSPS) is 11.8. The van der Waals surface area contributed by atoms with E-state index < -0.39 is 11.7 Å². The third kappa shape index (κ3) is 1.68. The molecule has 0 aliphatic carbocycles. The number of benzene rings is 1. The van der Waals surface area contributed by atoms with Crippen LogP contribution in [-0.2, 0) is 6.18 Å². The van der Waals surface area contributed by atoms with Crippen LogP contribution in [0.5, 0.6) is 0 Å². The molecule has 2 rings (SSSR count). The molecule has 0 amide bonds. The van der Waals surface area contributed by atoms with Gasteiger partial charge in [0, 0.05) is 24.3 Å². The molecule has 0 fully saturated rings. The Morgan fingerprint density at radius 2 is 1.94 bits per heavy atom. The van der Waals surface area contributed by atoms with E-state index in [9.17, 15) is 13.2 Å². The highest BCUT2D eigenvalue weighted by atomic mass is 19.4. The minimum absolute atomic E-state index is 0.0261. The second kappa shape index (κ2) is 3.66. The van der Waals surface area contributed by atoms with Crippen LogP contribution in [0.2, 0.25) is 0 Å². The minimum atomic E-state index is -4.38. The molecule has 0 spiro atoms. The monoisotopic (exact) mass is 226 g/mol. The molecule has 2 nitrogen and oxygen atoms in total. The number of halogens is 3. The number of fused-ring (bicyclic) bond motifs is 1. The fraction of sp³-hybridized carbons (Fsp3) is 0.182. The third-order valence-electron chi connectivity index (χ3n) is 2.34. The summed E-state index contributed by atoms with van der Waals surface area (Å²) in [4.78, 5) is 3.80. The van der Waals surface area contributed by atoms with Crippen molar-refractivity contribution in [1.82, 2.24) is 4.98 Å². The summed E-state index contributed by atoms with van der Waals surface area (Å²) in [6.07, 6.45) is -3.02. The van der Waals surface area contributed by atoms with Crippen LogP contribution in [0.15, 0.2) is 30.5 Å². The molecule has 0 bridgehead atoms. The van der Waals surface area contributed by atoms with Gasteiger partial charge in [-0.25, -0.2) is 0 Å². The molecule has 0 aliphatic rings. The van der Waals surface area contributed by atoms with E-state index in [2.05, 4.69) is 10.3 Å². The van der Waals surface area contributed by atoms with Crippen molar-refractivity contribution in [2.24, 2.45) is 0 Å². The summed E-state index contributed by atoms with van der Waals surface area (Å²) in [6, 6.07) is 5.68. The lowest BCUT2D eigenvalue weighted by atomic mass is 10.1. The van der Waals surface area contributed by atoms with E-state index in [1.54, 1.807) is 19.2 Å². The molecule has 0 saturated heterocycles. The minimum Gasteiger partial charge on any atom is -0.388 e. The molecule has 1 N–H and O–H groups in total. The molecular weight excluding hydrogens is 217 g/mol. The molecule has 1 aromatic heterocycles. The van der Waals surface area contributed by atoms with Crippen LogP contribution in [-0.4, -0.2) is 12.0 Å². The maximum Gasteiger partial charge on any atom is 0.418 e. The number of rotatable bonds is 1. The first-order valence-corrected chi connectivity index (χ1v) is 4.66. The molecule has 0 radical (unpaired) electrons. The molecule has 16 heavy (non-hydrogen) atoms. The Morgan fingerprint density at radius 3 is 2.56 bits per heavy atom. The average Bonchev–Trinajstić information content (AvgIpc) is 2.26. The Labute approximate surface area is 90.1 Å². The number of alkyl halides is 3. The smallest absolute Gasteiger partial charge is 0.388 e. The van der Waals surface area contributed by atoms with E-state index in [1.165, 1.54) is 12.3 Å². The Balaban J connectivity index is 2.80. The zero-order valence-corrected chi connectivity index (χ0v) is 8.47. The molecule has 0 atom stereocenters. The van der Waals surface area contributed by atoms with Crippen LogP contribution in [0.3, 0.4) is 0 Å². The SMILES string of the molecule is CNc1ccc(C(F)(F)F)c2ncccc12. The molecule has 84 valence electrons. The summed E-state index contributed by atoms with van der Waals surface area (Å²) >= 11 is 0. The molecule has 0 aliphatic heterocycles. The van der Waals surface area contributed by atoms with Gasteiger partial charge in [-0.1, -0.05) is 0 Å². The zero-order chi connectivity index (χ0) is 11.8. The second-order valence-corrected chi connectivity index (χ2v) is 3.31. The van der Waals surface area contributed by atoms with Gasteiger partial charge in [0.15, 0.2) is 0 Å². The number of aromatic nitrogens is 1. The van der Waals surface area contributed by atoms with Gasteiger partial charge in [-0.3, -0.25) is 4.98 Å². The standard InChI is InChI=1S/C11H9F3N2/c1-15-9-5-4-8(11(12,13)14)10-7(9)3-2-6-16-10/h2-6,15H,1H3. The predicted molar refractivity (Wildman–Crippen MR) is 56.3 cm³/mol. The van der Waals surface area contributed by atoms with Crippen molar-refractivity contribution in [2.75, 3.05) is 12.4 Å². The van der Waals surface area contributed by atoms with Crippen molar-refractivity contribution in [3.05, 3.63) is 36.0 Å². The number of hydrogen-bond donors (Lipinski definition) is 1. The zero-order valence-electron chi connectivity index (χ0n) is 8.47. The Bertz CT molecular complexity index is 520. The first-order chi connectivity index (χ1) is 7.54. The molecule has 0 saturated carbocycles. The summed E-state index contributed by atoms with van der Waals surface area (Å²) in [5.41, 5.74) is -0.0972. The van der Waals surface area contributed by atoms with Gasteiger partial charge in [0.1, 0.15) is 0 Å². The van der Waals surface area contributed by atoms with Crippen molar-refractivity contribution in [2.45, 2.75) is 6.18 Å². The fourth-order valence-corrected chi connectivity index (χ4v) is 1.62. The summed E-state index contributed by atoms with van der Waals surface area (Å²) in [5.74, 6) is 0. The maximum absolute atomic E-state index is 12.7. The lowest BCUT2D eigenvalue weighted by Crippen LogP contribution is -2.07. The van der Waals surface area contributed by atoms with Crippen LogP contribution in [0.4, 0.5) is 18.9 Å². The third-order valence-corrected chi connectivity index (χ3v) is 2.34. The molecule has 2 aromatic rings. The summed E-state index contributed by atoms with van der Waals surface area (Å²) < 4.78 is 38.1. The maximum atomic E-state index is 12.7. The average molecular weight is 226 g/mol. The highest BCUT2D eigenvalue weighted by Crippen LogP contribution is 2.36. The molecule has 1 heterocycles. The van der Waals surface area contributed by atoms with E-state index in [0.29, 0.717) is 11.1 Å². The number of pyridine rings is 1. The Morgan fingerprint density at radius 1 is 1.19 bits per heavy atom. The van der Waals surface area contributed by atoms with Gasteiger partial charge in [0.2, 0.25) is 0 Å². The summed E-state index contributed by atoms with van der Waals surface area (Å²) in [7, 11) is 1.66. The summed E-state index contributed by atoms with van der Waals surface area (Å²) in [5, 5.41) is 3.31. The first-order valence-electron chi connectivity index (χ1n) is 4.66. The largest absolute Gasteiger partial charge is 0.418 e. The van der Waals surface area contributed by atoms with Crippen LogP contribution in [0.1, 0.15) is 5.56 Å². The number of nitrogens with zero attached hydrogens (tertiary/aromatic N) is 1. The Hall–Kier alpha value is -1.78. The highest BCUT2D eigenvalue weighted by Gasteiger charge is 2.33. The van der Waals surface area contributed by atoms with Gasteiger partial charge in [-0.2, -0.15) is 13.2 Å². The topological polar surface area (TPSA) is 24.9 Å². The van der Waals surface area contributed by atoms with Crippen molar-refractivity contribution < 1.29 is 13.2 Å². The quantitative estimate of drug-likeness (QED) is 0.807. The van der Waals surface area contributed by atoms with Crippen molar-refractivity contribution in [3.8, 4) is 0 Å². The number of hydrogen-bond acceptors (Lipinski definition) is 2. The lowest BCUT2D eigenvalue weighted by Gasteiger charge is -2.12. The van der Waals surface area contributed by atoms with E-state index in [4.69, 9.17) is 0 Å². The molecule has 0 unspecified atom stereocenters. The van der Waals surface area contributed by atoms with Crippen LogP contribution in [0, 0.1) is 0 Å². The van der Waals surface area contributed by atoms with Gasteiger partial charge < -0.3 is 5.32 Å². The van der Waals surface area contributed by atoms with E-state index in [-0.39, 0.29) is 5.52 Å². The molecular formula is C11H9F3N2. The first kappa shape index (κ1) is 10.7. The lowest BCUT2D eigenvalue weighted by molar-refractivity contribution is -0.136. The van der Waals surface area contributed by atoms with Crippen LogP contribution >= 0.6 is 0 Å². The van der Waals surface area contributed by atoms with Crippen molar-refractivity contribution in [1.29, 1.82) is 0 Å².